The van der Waals surface area contributed by atoms with E-state index in [0.717, 1.165) is 10.8 Å². The summed E-state index contributed by atoms with van der Waals surface area (Å²) in [5, 5.41) is 17.1. The number of aromatic nitrogens is 2. The number of carbonyl (C=O) groups excluding carboxylic acids is 2. The fourth-order valence-electron chi connectivity index (χ4n) is 3.26. The number of hydrogen-bond acceptors (Lipinski definition) is 6. The SMILES string of the molecule is COC(=O)[C@H](Cc1cnc[nH]1)NC(=O)CNC(C)(C(=O)O)c1ccc2ccccc2c1. The zero-order valence-electron chi connectivity index (χ0n) is 17.2. The van der Waals surface area contributed by atoms with E-state index in [2.05, 4.69) is 20.6 Å². The van der Waals surface area contributed by atoms with Gasteiger partial charge in [0.2, 0.25) is 5.91 Å². The molecule has 3 rings (SSSR count). The number of esters is 1. The number of aromatic amines is 1. The topological polar surface area (TPSA) is 133 Å². The van der Waals surface area contributed by atoms with Crippen molar-refractivity contribution in [1.29, 1.82) is 0 Å². The molecule has 0 bridgehead atoms. The van der Waals surface area contributed by atoms with E-state index in [4.69, 9.17) is 4.74 Å². The minimum absolute atomic E-state index is 0.166. The van der Waals surface area contributed by atoms with Crippen molar-refractivity contribution in [2.75, 3.05) is 13.7 Å². The molecular weight excluding hydrogens is 400 g/mol. The molecule has 0 saturated heterocycles. The summed E-state index contributed by atoms with van der Waals surface area (Å²) in [7, 11) is 1.23. The molecule has 1 amide bonds. The van der Waals surface area contributed by atoms with Gasteiger partial charge in [-0.3, -0.25) is 10.1 Å². The van der Waals surface area contributed by atoms with E-state index in [0.29, 0.717) is 11.3 Å². The smallest absolute Gasteiger partial charge is 0.328 e. The molecule has 0 aliphatic rings. The third-order valence-corrected chi connectivity index (χ3v) is 5.16. The van der Waals surface area contributed by atoms with Crippen LogP contribution in [0, 0.1) is 0 Å². The highest BCUT2D eigenvalue weighted by Gasteiger charge is 2.36. The van der Waals surface area contributed by atoms with Crippen LogP contribution in [0.15, 0.2) is 55.0 Å². The Bertz CT molecular complexity index is 1080. The van der Waals surface area contributed by atoms with Crippen molar-refractivity contribution in [3.05, 3.63) is 66.2 Å². The quantitative estimate of drug-likeness (QED) is 0.381. The number of hydrogen-bond donors (Lipinski definition) is 4. The normalized spacial score (nSPS) is 13.9. The number of benzene rings is 2. The van der Waals surface area contributed by atoms with Gasteiger partial charge in [-0.15, -0.1) is 0 Å². The van der Waals surface area contributed by atoms with Crippen LogP contribution in [-0.4, -0.2) is 52.6 Å². The highest BCUT2D eigenvalue weighted by molar-refractivity contribution is 5.89. The standard InChI is InChI=1S/C22H24N4O5/c1-22(21(29)30,16-8-7-14-5-3-4-6-15(14)9-16)25-12-19(27)26-18(20(28)31-2)10-17-11-23-13-24-17/h3-9,11,13,18,25H,10,12H2,1-2H3,(H,23,24)(H,26,27)(H,29,30)/t18-,22?/m0/s1. The number of carbonyl (C=O) groups is 3. The van der Waals surface area contributed by atoms with E-state index >= 15 is 0 Å². The summed E-state index contributed by atoms with van der Waals surface area (Å²) in [6.07, 6.45) is 3.18. The van der Waals surface area contributed by atoms with Crippen LogP contribution in [0.2, 0.25) is 0 Å². The molecule has 9 heteroatoms. The third kappa shape index (κ3) is 5.07. The highest BCUT2D eigenvalue weighted by atomic mass is 16.5. The summed E-state index contributed by atoms with van der Waals surface area (Å²) in [6, 6.07) is 12.0. The number of carboxylic acid groups (broad SMARTS) is 1. The predicted octanol–water partition coefficient (Wildman–Crippen LogP) is 1.35. The Kier molecular flexibility index (Phi) is 6.66. The lowest BCUT2D eigenvalue weighted by atomic mass is 9.90. The second-order valence-corrected chi connectivity index (χ2v) is 7.27. The summed E-state index contributed by atoms with van der Waals surface area (Å²) in [5.74, 6) is -2.28. The Morgan fingerprint density at radius 2 is 1.94 bits per heavy atom. The molecule has 4 N–H and O–H groups in total. The maximum absolute atomic E-state index is 12.5. The van der Waals surface area contributed by atoms with Gasteiger partial charge in [-0.1, -0.05) is 36.4 Å². The maximum atomic E-state index is 12.5. The zero-order chi connectivity index (χ0) is 22.4. The van der Waals surface area contributed by atoms with Crippen molar-refractivity contribution in [3.63, 3.8) is 0 Å². The Morgan fingerprint density at radius 1 is 1.19 bits per heavy atom. The first kappa shape index (κ1) is 22.0. The van der Waals surface area contributed by atoms with Crippen LogP contribution in [0.4, 0.5) is 0 Å². The number of ether oxygens (including phenoxy) is 1. The number of aliphatic carboxylic acids is 1. The minimum atomic E-state index is -1.51. The number of rotatable bonds is 9. The molecule has 0 fully saturated rings. The van der Waals surface area contributed by atoms with E-state index in [1.165, 1.54) is 20.4 Å². The number of carboxylic acids is 1. The minimum Gasteiger partial charge on any atom is -0.480 e. The van der Waals surface area contributed by atoms with Gasteiger partial charge in [0.15, 0.2) is 0 Å². The summed E-state index contributed by atoms with van der Waals surface area (Å²) in [5.41, 5.74) is -0.352. The molecule has 2 aromatic carbocycles. The molecule has 1 heterocycles. The predicted molar refractivity (Wildman–Crippen MR) is 113 cm³/mol. The summed E-state index contributed by atoms with van der Waals surface area (Å²) in [6.45, 7) is 1.18. The molecule has 9 nitrogen and oxygen atoms in total. The second-order valence-electron chi connectivity index (χ2n) is 7.27. The number of methoxy groups -OCH3 is 1. The van der Waals surface area contributed by atoms with Crippen LogP contribution in [-0.2, 0) is 31.1 Å². The van der Waals surface area contributed by atoms with E-state index in [9.17, 15) is 19.5 Å². The molecular formula is C22H24N4O5. The first-order valence-corrected chi connectivity index (χ1v) is 9.65. The summed E-state index contributed by atoms with van der Waals surface area (Å²) >= 11 is 0. The number of H-pyrrole nitrogens is 1. The Hall–Kier alpha value is -3.72. The highest BCUT2D eigenvalue weighted by Crippen LogP contribution is 2.25. The monoisotopic (exact) mass is 424 g/mol. The number of nitrogens with one attached hydrogen (secondary N) is 3. The van der Waals surface area contributed by atoms with Crippen molar-refractivity contribution in [3.8, 4) is 0 Å². The number of fused-ring (bicyclic) bond motifs is 1. The molecule has 1 unspecified atom stereocenters. The lowest BCUT2D eigenvalue weighted by Crippen LogP contribution is -2.52. The van der Waals surface area contributed by atoms with Crippen LogP contribution in [0.1, 0.15) is 18.2 Å². The van der Waals surface area contributed by atoms with Crippen LogP contribution < -0.4 is 10.6 Å². The molecule has 0 aliphatic heterocycles. The molecule has 0 saturated carbocycles. The largest absolute Gasteiger partial charge is 0.480 e. The number of nitrogens with zero attached hydrogens (tertiary/aromatic N) is 1. The summed E-state index contributed by atoms with van der Waals surface area (Å²) < 4.78 is 4.75. The van der Waals surface area contributed by atoms with Gasteiger partial charge in [-0.2, -0.15) is 0 Å². The third-order valence-electron chi connectivity index (χ3n) is 5.16. The summed E-state index contributed by atoms with van der Waals surface area (Å²) in [4.78, 5) is 43.4. The van der Waals surface area contributed by atoms with Crippen LogP contribution in [0.5, 0.6) is 0 Å². The lowest BCUT2D eigenvalue weighted by Gasteiger charge is -2.27. The van der Waals surface area contributed by atoms with Crippen molar-refractivity contribution in [1.82, 2.24) is 20.6 Å². The Labute approximate surface area is 178 Å². The fourth-order valence-corrected chi connectivity index (χ4v) is 3.26. The lowest BCUT2D eigenvalue weighted by molar-refractivity contribution is -0.146. The molecule has 0 spiro atoms. The van der Waals surface area contributed by atoms with Gasteiger partial charge < -0.3 is 20.1 Å². The van der Waals surface area contributed by atoms with Crippen LogP contribution >= 0.6 is 0 Å². The van der Waals surface area contributed by atoms with Gasteiger partial charge in [0.05, 0.1) is 20.0 Å². The van der Waals surface area contributed by atoms with E-state index in [1.807, 2.05) is 30.3 Å². The van der Waals surface area contributed by atoms with E-state index in [1.54, 1.807) is 18.3 Å². The van der Waals surface area contributed by atoms with Gasteiger partial charge in [0.25, 0.3) is 0 Å². The number of imidazole rings is 1. The molecule has 31 heavy (non-hydrogen) atoms. The first-order valence-electron chi connectivity index (χ1n) is 9.65. The van der Waals surface area contributed by atoms with E-state index in [-0.39, 0.29) is 13.0 Å². The fraction of sp³-hybridized carbons (Fsp3) is 0.273. The van der Waals surface area contributed by atoms with E-state index < -0.39 is 29.4 Å². The average Bonchev–Trinajstić information content (AvgIpc) is 3.29. The van der Waals surface area contributed by atoms with Gasteiger partial charge >= 0.3 is 11.9 Å². The Balaban J connectivity index is 1.72. The molecule has 0 aliphatic carbocycles. The maximum Gasteiger partial charge on any atom is 0.328 e. The number of amides is 1. The van der Waals surface area contributed by atoms with Crippen LogP contribution in [0.3, 0.4) is 0 Å². The van der Waals surface area contributed by atoms with Crippen molar-refractivity contribution in [2.45, 2.75) is 24.9 Å². The van der Waals surface area contributed by atoms with Crippen LogP contribution in [0.25, 0.3) is 10.8 Å². The molecule has 2 atom stereocenters. The molecule has 162 valence electrons. The van der Waals surface area contributed by atoms with Gasteiger partial charge in [-0.25, -0.2) is 14.6 Å². The van der Waals surface area contributed by atoms with Gasteiger partial charge in [-0.05, 0) is 29.3 Å². The molecule has 1 aromatic heterocycles. The zero-order valence-corrected chi connectivity index (χ0v) is 17.2. The second kappa shape index (κ2) is 9.40. The van der Waals surface area contributed by atoms with Crippen molar-refractivity contribution < 1.29 is 24.2 Å². The van der Waals surface area contributed by atoms with Gasteiger partial charge in [0, 0.05) is 18.3 Å². The Morgan fingerprint density at radius 3 is 2.58 bits per heavy atom. The van der Waals surface area contributed by atoms with Crippen molar-refractivity contribution >= 4 is 28.6 Å². The molecule has 3 aromatic rings. The van der Waals surface area contributed by atoms with Crippen molar-refractivity contribution in [2.24, 2.45) is 0 Å². The average molecular weight is 424 g/mol. The first-order chi connectivity index (χ1) is 14.8. The molecule has 0 radical (unpaired) electrons. The van der Waals surface area contributed by atoms with Gasteiger partial charge in [0.1, 0.15) is 11.6 Å².